The Hall–Kier alpha value is -2.96. The van der Waals surface area contributed by atoms with Crippen molar-refractivity contribution in [1.82, 2.24) is 9.55 Å². The second kappa shape index (κ2) is 6.77. The van der Waals surface area contributed by atoms with Crippen LogP contribution in [0.3, 0.4) is 0 Å². The molecule has 0 radical (unpaired) electrons. The van der Waals surface area contributed by atoms with Gasteiger partial charge < -0.3 is 20.5 Å². The van der Waals surface area contributed by atoms with Crippen molar-refractivity contribution in [2.45, 2.75) is 55.8 Å². The Bertz CT molecular complexity index is 1240. The van der Waals surface area contributed by atoms with Gasteiger partial charge in [0, 0.05) is 17.8 Å². The molecule has 0 unspecified atom stereocenters. The van der Waals surface area contributed by atoms with E-state index in [0.717, 1.165) is 47.4 Å². The van der Waals surface area contributed by atoms with Crippen LogP contribution in [-0.4, -0.2) is 37.8 Å². The molecule has 158 valence electrons. The molecule has 31 heavy (non-hydrogen) atoms. The smallest absolute Gasteiger partial charge is 0.140 e. The Morgan fingerprint density at radius 1 is 1.13 bits per heavy atom. The number of fused-ring (bicyclic) bond motifs is 3. The molecule has 2 aliphatic carbocycles. The summed E-state index contributed by atoms with van der Waals surface area (Å²) in [5.74, 6) is 0.762. The molecular weight excluding hydrogens is 388 g/mol. The van der Waals surface area contributed by atoms with Crippen LogP contribution in [0.5, 0.6) is 0 Å². The van der Waals surface area contributed by atoms with Crippen LogP contribution in [0, 0.1) is 0 Å². The van der Waals surface area contributed by atoms with Gasteiger partial charge in [-0.05, 0) is 66.6 Å². The first-order valence-corrected chi connectivity index (χ1v) is 11.0. The van der Waals surface area contributed by atoms with Gasteiger partial charge in [-0.2, -0.15) is 0 Å². The van der Waals surface area contributed by atoms with Crippen LogP contribution in [0.2, 0.25) is 0 Å². The number of pyridine rings is 1. The fourth-order valence-electron chi connectivity index (χ4n) is 5.47. The van der Waals surface area contributed by atoms with Crippen molar-refractivity contribution in [1.29, 1.82) is 0 Å². The molecule has 3 aromatic rings. The maximum atomic E-state index is 10.7. The summed E-state index contributed by atoms with van der Waals surface area (Å²) in [5, 5.41) is 22.4. The van der Waals surface area contributed by atoms with Crippen LogP contribution >= 0.6 is 0 Å². The van der Waals surface area contributed by atoms with Crippen molar-refractivity contribution in [2.75, 3.05) is 0 Å². The lowest BCUT2D eigenvalue weighted by atomic mass is 9.64. The van der Waals surface area contributed by atoms with Crippen molar-refractivity contribution in [3.8, 4) is 0 Å². The van der Waals surface area contributed by atoms with Crippen molar-refractivity contribution >= 4 is 22.6 Å². The summed E-state index contributed by atoms with van der Waals surface area (Å²) in [6.45, 7) is 0. The molecule has 6 rings (SSSR count). The number of amidine groups is 1. The first-order chi connectivity index (χ1) is 15.1. The molecule has 3 heterocycles. The van der Waals surface area contributed by atoms with Gasteiger partial charge in [0.15, 0.2) is 0 Å². The van der Waals surface area contributed by atoms with E-state index in [-0.39, 0.29) is 11.5 Å². The lowest BCUT2D eigenvalue weighted by Crippen LogP contribution is -2.44. The Kier molecular flexibility index (Phi) is 4.10. The molecule has 0 saturated heterocycles. The lowest BCUT2D eigenvalue weighted by Gasteiger charge is -2.38. The third-order valence-corrected chi connectivity index (χ3v) is 7.45. The van der Waals surface area contributed by atoms with E-state index in [1.807, 2.05) is 35.0 Å². The highest BCUT2D eigenvalue weighted by Crippen LogP contribution is 2.51. The van der Waals surface area contributed by atoms with Crippen molar-refractivity contribution in [3.05, 3.63) is 71.6 Å². The molecule has 3 aliphatic rings. The highest BCUT2D eigenvalue weighted by atomic mass is 16.3. The average Bonchev–Trinajstić information content (AvgIpc) is 3.38. The fraction of sp³-hybridized carbons (Fsp3) is 0.360. The predicted octanol–water partition coefficient (Wildman–Crippen LogP) is 3.30. The number of nitrogens with zero attached hydrogens (tertiary/aromatic N) is 3. The predicted molar refractivity (Wildman–Crippen MR) is 120 cm³/mol. The fourth-order valence-corrected chi connectivity index (χ4v) is 5.47. The highest BCUT2D eigenvalue weighted by Gasteiger charge is 2.47. The molecule has 2 aromatic heterocycles. The average molecular weight is 415 g/mol. The second-order valence-electron chi connectivity index (χ2n) is 9.09. The second-order valence-corrected chi connectivity index (χ2v) is 9.09. The number of aliphatic hydroxyl groups is 2. The summed E-state index contributed by atoms with van der Waals surface area (Å²) in [6, 6.07) is 12.0. The van der Waals surface area contributed by atoms with E-state index in [2.05, 4.69) is 28.2 Å². The molecule has 1 aromatic carbocycles. The SMILES string of the molecule is NC1=Nc2cc(CCC3=C[C@@H](n4ccc5cccnc54)[C@H](O)[C@@H]3O)ccc2C12CCC2. The molecule has 0 amide bonds. The zero-order valence-corrected chi connectivity index (χ0v) is 17.3. The van der Waals surface area contributed by atoms with E-state index in [9.17, 15) is 10.2 Å². The van der Waals surface area contributed by atoms with Gasteiger partial charge >= 0.3 is 0 Å². The van der Waals surface area contributed by atoms with Crippen molar-refractivity contribution < 1.29 is 10.2 Å². The number of aliphatic hydroxyl groups excluding tert-OH is 2. The van der Waals surface area contributed by atoms with Gasteiger partial charge in [0.2, 0.25) is 0 Å². The van der Waals surface area contributed by atoms with Crippen molar-refractivity contribution in [3.63, 3.8) is 0 Å². The topological polar surface area (TPSA) is 96.7 Å². The minimum absolute atomic E-state index is 0.0110. The number of nitrogens with two attached hydrogens (primary N) is 1. The van der Waals surface area contributed by atoms with E-state index >= 15 is 0 Å². The van der Waals surface area contributed by atoms with Gasteiger partial charge in [0.1, 0.15) is 23.7 Å². The largest absolute Gasteiger partial charge is 0.388 e. The maximum Gasteiger partial charge on any atom is 0.140 e. The summed E-state index contributed by atoms with van der Waals surface area (Å²) in [7, 11) is 0. The van der Waals surface area contributed by atoms with E-state index in [1.165, 1.54) is 17.5 Å². The van der Waals surface area contributed by atoms with Crippen LogP contribution in [0.25, 0.3) is 11.0 Å². The molecule has 6 nitrogen and oxygen atoms in total. The minimum atomic E-state index is -0.879. The zero-order valence-electron chi connectivity index (χ0n) is 17.3. The standard InChI is InChI=1S/C25H26N4O2/c26-24-25(9-2-10-25)18-7-5-15(13-19(18)28-24)4-6-17-14-20(22(31)21(17)30)29-12-8-16-3-1-11-27-23(16)29/h1,3,5,7-8,11-14,20-22,30-31H,2,4,6,9-10H2,(H2,26,28)/t20-,21-,22+/m1/s1. The monoisotopic (exact) mass is 414 g/mol. The Morgan fingerprint density at radius 2 is 2.00 bits per heavy atom. The van der Waals surface area contributed by atoms with Crippen LogP contribution < -0.4 is 5.73 Å². The number of hydrogen-bond donors (Lipinski definition) is 3. The van der Waals surface area contributed by atoms with Gasteiger partial charge in [0.25, 0.3) is 0 Å². The molecule has 0 bridgehead atoms. The number of benzene rings is 1. The number of hydrogen-bond acceptors (Lipinski definition) is 5. The van der Waals surface area contributed by atoms with Gasteiger partial charge in [0.05, 0.1) is 17.1 Å². The summed E-state index contributed by atoms with van der Waals surface area (Å²) in [6.07, 6.45) is 8.78. The Morgan fingerprint density at radius 3 is 2.81 bits per heavy atom. The van der Waals surface area contributed by atoms with E-state index < -0.39 is 12.2 Å². The van der Waals surface area contributed by atoms with Gasteiger partial charge in [-0.25, -0.2) is 9.98 Å². The van der Waals surface area contributed by atoms with Crippen LogP contribution in [0.15, 0.2) is 65.4 Å². The van der Waals surface area contributed by atoms with Crippen LogP contribution in [0.1, 0.15) is 42.9 Å². The number of aromatic nitrogens is 2. The normalized spacial score (nSPS) is 26.1. The Balaban J connectivity index is 1.23. The molecule has 3 atom stereocenters. The van der Waals surface area contributed by atoms with E-state index in [1.54, 1.807) is 6.20 Å². The molecule has 1 saturated carbocycles. The maximum absolute atomic E-state index is 10.7. The first kappa shape index (κ1) is 18.8. The summed E-state index contributed by atoms with van der Waals surface area (Å²) in [5.41, 5.74) is 11.4. The molecule has 1 spiro atoms. The highest BCUT2D eigenvalue weighted by molar-refractivity contribution is 6.00. The van der Waals surface area contributed by atoms with E-state index in [0.29, 0.717) is 6.42 Å². The third kappa shape index (κ3) is 2.71. The zero-order chi connectivity index (χ0) is 21.2. The first-order valence-electron chi connectivity index (χ1n) is 11.0. The summed E-state index contributed by atoms with van der Waals surface area (Å²) < 4.78 is 1.95. The number of aryl methyl sites for hydroxylation is 1. The molecule has 1 aliphatic heterocycles. The van der Waals surface area contributed by atoms with Crippen LogP contribution in [-0.2, 0) is 11.8 Å². The summed E-state index contributed by atoms with van der Waals surface area (Å²) >= 11 is 0. The lowest BCUT2D eigenvalue weighted by molar-refractivity contribution is 0.0317. The molecule has 4 N–H and O–H groups in total. The van der Waals surface area contributed by atoms with Gasteiger partial charge in [-0.3, -0.25) is 0 Å². The minimum Gasteiger partial charge on any atom is -0.388 e. The van der Waals surface area contributed by atoms with Crippen LogP contribution in [0.4, 0.5) is 5.69 Å². The summed E-state index contributed by atoms with van der Waals surface area (Å²) in [4.78, 5) is 9.09. The quantitative estimate of drug-likeness (QED) is 0.571. The van der Waals surface area contributed by atoms with Gasteiger partial charge in [-0.15, -0.1) is 0 Å². The van der Waals surface area contributed by atoms with Crippen molar-refractivity contribution in [2.24, 2.45) is 10.7 Å². The van der Waals surface area contributed by atoms with E-state index in [4.69, 9.17) is 5.73 Å². The molecule has 6 heteroatoms. The third-order valence-electron chi connectivity index (χ3n) is 7.45. The Labute approximate surface area is 180 Å². The van der Waals surface area contributed by atoms with Gasteiger partial charge in [-0.1, -0.05) is 24.6 Å². The number of aliphatic imine (C=N–C) groups is 1. The molecular formula is C25H26N4O2. The molecule has 1 fully saturated rings. The number of rotatable bonds is 4.